The second-order valence-electron chi connectivity index (χ2n) is 4.91. The zero-order valence-corrected chi connectivity index (χ0v) is 12.2. The Hall–Kier alpha value is -1.97. The lowest BCUT2D eigenvalue weighted by atomic mass is 10.1. The Morgan fingerprint density at radius 2 is 2.05 bits per heavy atom. The molecule has 4 nitrogen and oxygen atoms in total. The fourth-order valence-electron chi connectivity index (χ4n) is 2.29. The standard InChI is InChI=1S/C15H21N3O/c1-10-6-7-15(19-5)14(8-10)16-11(2)13-9-18(4)17-12(13)3/h6-9,11,16H,1-5H3. The van der Waals surface area contributed by atoms with Crippen LogP contribution in [-0.4, -0.2) is 16.9 Å². The largest absolute Gasteiger partial charge is 0.495 e. The Kier molecular flexibility index (Phi) is 3.79. The Morgan fingerprint density at radius 3 is 2.63 bits per heavy atom. The smallest absolute Gasteiger partial charge is 0.141 e. The highest BCUT2D eigenvalue weighted by Gasteiger charge is 2.13. The van der Waals surface area contributed by atoms with Crippen LogP contribution < -0.4 is 10.1 Å². The SMILES string of the molecule is COc1ccc(C)cc1NC(C)c1cn(C)nc1C. The van der Waals surface area contributed by atoms with Gasteiger partial charge in [-0.25, -0.2) is 0 Å². The van der Waals surface area contributed by atoms with Gasteiger partial charge in [0.05, 0.1) is 24.5 Å². The molecule has 1 aromatic carbocycles. The monoisotopic (exact) mass is 259 g/mol. The summed E-state index contributed by atoms with van der Waals surface area (Å²) in [5.74, 6) is 0.860. The normalized spacial score (nSPS) is 12.3. The summed E-state index contributed by atoms with van der Waals surface area (Å²) in [4.78, 5) is 0. The number of aryl methyl sites for hydroxylation is 3. The highest BCUT2D eigenvalue weighted by atomic mass is 16.5. The fraction of sp³-hybridized carbons (Fsp3) is 0.400. The summed E-state index contributed by atoms with van der Waals surface area (Å²) in [6, 6.07) is 6.32. The maximum absolute atomic E-state index is 5.39. The summed E-state index contributed by atoms with van der Waals surface area (Å²) >= 11 is 0. The van der Waals surface area contributed by atoms with Crippen molar-refractivity contribution in [1.82, 2.24) is 9.78 Å². The van der Waals surface area contributed by atoms with Gasteiger partial charge in [-0.1, -0.05) is 6.07 Å². The van der Waals surface area contributed by atoms with E-state index in [0.717, 1.165) is 17.1 Å². The lowest BCUT2D eigenvalue weighted by molar-refractivity contribution is 0.416. The van der Waals surface area contributed by atoms with Crippen molar-refractivity contribution >= 4 is 5.69 Å². The molecule has 0 amide bonds. The first-order valence-corrected chi connectivity index (χ1v) is 6.42. The highest BCUT2D eigenvalue weighted by Crippen LogP contribution is 2.29. The van der Waals surface area contributed by atoms with E-state index in [1.54, 1.807) is 7.11 Å². The van der Waals surface area contributed by atoms with E-state index in [4.69, 9.17) is 4.74 Å². The lowest BCUT2D eigenvalue weighted by Gasteiger charge is -2.17. The van der Waals surface area contributed by atoms with Crippen molar-refractivity contribution in [2.24, 2.45) is 7.05 Å². The van der Waals surface area contributed by atoms with Crippen LogP contribution in [0, 0.1) is 13.8 Å². The van der Waals surface area contributed by atoms with Gasteiger partial charge in [0.15, 0.2) is 0 Å². The van der Waals surface area contributed by atoms with Crippen molar-refractivity contribution in [3.8, 4) is 5.75 Å². The molecule has 2 rings (SSSR count). The van der Waals surface area contributed by atoms with Crippen LogP contribution in [0.1, 0.15) is 29.8 Å². The van der Waals surface area contributed by atoms with Crippen LogP contribution in [0.2, 0.25) is 0 Å². The number of anilines is 1. The molecule has 1 unspecified atom stereocenters. The zero-order valence-electron chi connectivity index (χ0n) is 12.2. The minimum Gasteiger partial charge on any atom is -0.495 e. The fourth-order valence-corrected chi connectivity index (χ4v) is 2.29. The molecule has 1 N–H and O–H groups in total. The number of hydrogen-bond acceptors (Lipinski definition) is 3. The maximum atomic E-state index is 5.39. The molecule has 2 aromatic rings. The van der Waals surface area contributed by atoms with Crippen molar-refractivity contribution < 1.29 is 4.74 Å². The average molecular weight is 259 g/mol. The Balaban J connectivity index is 2.25. The molecule has 1 heterocycles. The summed E-state index contributed by atoms with van der Waals surface area (Å²) < 4.78 is 7.23. The molecular weight excluding hydrogens is 238 g/mol. The Morgan fingerprint density at radius 1 is 1.32 bits per heavy atom. The van der Waals surface area contributed by atoms with Crippen molar-refractivity contribution in [3.63, 3.8) is 0 Å². The van der Waals surface area contributed by atoms with Gasteiger partial charge >= 0.3 is 0 Å². The zero-order chi connectivity index (χ0) is 14.0. The molecule has 0 fully saturated rings. The first-order chi connectivity index (χ1) is 9.01. The molecule has 1 aromatic heterocycles. The van der Waals surface area contributed by atoms with Crippen LogP contribution in [0.3, 0.4) is 0 Å². The van der Waals surface area contributed by atoms with Crippen LogP contribution >= 0.6 is 0 Å². The van der Waals surface area contributed by atoms with Gasteiger partial charge in [-0.2, -0.15) is 5.10 Å². The van der Waals surface area contributed by atoms with Crippen LogP contribution in [0.5, 0.6) is 5.75 Å². The van der Waals surface area contributed by atoms with Gasteiger partial charge in [0, 0.05) is 18.8 Å². The number of ether oxygens (including phenoxy) is 1. The molecule has 19 heavy (non-hydrogen) atoms. The molecule has 0 aliphatic heterocycles. The van der Waals surface area contributed by atoms with E-state index in [0.29, 0.717) is 0 Å². The summed E-state index contributed by atoms with van der Waals surface area (Å²) in [6.45, 7) is 6.23. The molecule has 0 radical (unpaired) electrons. The molecule has 0 spiro atoms. The van der Waals surface area contributed by atoms with E-state index >= 15 is 0 Å². The van der Waals surface area contributed by atoms with Crippen LogP contribution in [0.15, 0.2) is 24.4 Å². The van der Waals surface area contributed by atoms with Crippen molar-refractivity contribution in [1.29, 1.82) is 0 Å². The predicted octanol–water partition coefficient (Wildman–Crippen LogP) is 3.22. The lowest BCUT2D eigenvalue weighted by Crippen LogP contribution is -2.08. The third-order valence-corrected chi connectivity index (χ3v) is 3.24. The van der Waals surface area contributed by atoms with Gasteiger partial charge in [-0.05, 0) is 38.5 Å². The van der Waals surface area contributed by atoms with Crippen molar-refractivity contribution in [3.05, 3.63) is 41.2 Å². The van der Waals surface area contributed by atoms with Gasteiger partial charge < -0.3 is 10.1 Å². The first kappa shape index (κ1) is 13.5. The van der Waals surface area contributed by atoms with E-state index in [1.807, 2.05) is 30.8 Å². The topological polar surface area (TPSA) is 39.1 Å². The quantitative estimate of drug-likeness (QED) is 0.916. The summed E-state index contributed by atoms with van der Waals surface area (Å²) in [5, 5.41) is 7.87. The molecule has 0 bridgehead atoms. The van der Waals surface area contributed by atoms with Gasteiger partial charge in [-0.15, -0.1) is 0 Å². The van der Waals surface area contributed by atoms with Gasteiger partial charge in [0.2, 0.25) is 0 Å². The predicted molar refractivity (Wildman–Crippen MR) is 77.7 cm³/mol. The molecule has 0 saturated heterocycles. The number of nitrogens with zero attached hydrogens (tertiary/aromatic N) is 2. The summed E-state index contributed by atoms with van der Waals surface area (Å²) in [6.07, 6.45) is 2.05. The molecule has 0 saturated carbocycles. The molecule has 102 valence electrons. The van der Waals surface area contributed by atoms with Gasteiger partial charge in [0.25, 0.3) is 0 Å². The number of hydrogen-bond donors (Lipinski definition) is 1. The van der Waals surface area contributed by atoms with Gasteiger partial charge in [0.1, 0.15) is 5.75 Å². The van der Waals surface area contributed by atoms with Crippen LogP contribution in [0.4, 0.5) is 5.69 Å². The van der Waals surface area contributed by atoms with E-state index in [9.17, 15) is 0 Å². The molecular formula is C15H21N3O. The molecule has 0 aliphatic carbocycles. The van der Waals surface area contributed by atoms with Crippen LogP contribution in [-0.2, 0) is 7.05 Å². The van der Waals surface area contributed by atoms with E-state index in [1.165, 1.54) is 11.1 Å². The van der Waals surface area contributed by atoms with Crippen molar-refractivity contribution in [2.45, 2.75) is 26.8 Å². The Bertz CT molecular complexity index is 575. The van der Waals surface area contributed by atoms with Gasteiger partial charge in [-0.3, -0.25) is 4.68 Å². The van der Waals surface area contributed by atoms with E-state index in [-0.39, 0.29) is 6.04 Å². The Labute approximate surface area is 114 Å². The number of benzene rings is 1. The number of nitrogens with one attached hydrogen (secondary N) is 1. The number of methoxy groups -OCH3 is 1. The molecule has 1 atom stereocenters. The van der Waals surface area contributed by atoms with Crippen molar-refractivity contribution in [2.75, 3.05) is 12.4 Å². The molecule has 4 heteroatoms. The second kappa shape index (κ2) is 5.34. The van der Waals surface area contributed by atoms with Crippen LogP contribution in [0.25, 0.3) is 0 Å². The van der Waals surface area contributed by atoms with E-state index < -0.39 is 0 Å². The summed E-state index contributed by atoms with van der Waals surface area (Å²) in [7, 11) is 3.63. The highest BCUT2D eigenvalue weighted by molar-refractivity contribution is 5.59. The maximum Gasteiger partial charge on any atom is 0.141 e. The summed E-state index contributed by atoms with van der Waals surface area (Å²) in [5.41, 5.74) is 4.47. The minimum absolute atomic E-state index is 0.185. The average Bonchev–Trinajstić information content (AvgIpc) is 2.69. The minimum atomic E-state index is 0.185. The second-order valence-corrected chi connectivity index (χ2v) is 4.91. The third kappa shape index (κ3) is 2.89. The van der Waals surface area contributed by atoms with E-state index in [2.05, 4.69) is 36.5 Å². The number of aromatic nitrogens is 2. The molecule has 0 aliphatic rings. The first-order valence-electron chi connectivity index (χ1n) is 6.42. The third-order valence-electron chi connectivity index (χ3n) is 3.24. The number of rotatable bonds is 4.